The van der Waals surface area contributed by atoms with Crippen LogP contribution in [0.2, 0.25) is 0 Å². The van der Waals surface area contributed by atoms with Gasteiger partial charge in [-0.2, -0.15) is 0 Å². The van der Waals surface area contributed by atoms with E-state index in [4.69, 9.17) is 9.40 Å². The normalized spacial score (nSPS) is 12.8. The minimum atomic E-state index is -0.0317. The Bertz CT molecular complexity index is 1860. The van der Waals surface area contributed by atoms with Crippen molar-refractivity contribution in [3.05, 3.63) is 84.6 Å². The van der Waals surface area contributed by atoms with Gasteiger partial charge in [-0.1, -0.05) is 63.2 Å². The number of hydrogen-bond acceptors (Lipinski definition) is 2. The summed E-state index contributed by atoms with van der Waals surface area (Å²) in [6, 6.07) is 27.9. The molecular weight excluding hydrogens is 392 g/mol. The molecule has 0 fully saturated rings. The van der Waals surface area contributed by atoms with Gasteiger partial charge in [-0.05, 0) is 52.6 Å². The molecule has 7 rings (SSSR count). The van der Waals surface area contributed by atoms with Crippen LogP contribution in [0.3, 0.4) is 0 Å². The van der Waals surface area contributed by atoms with Gasteiger partial charge in [-0.3, -0.25) is 4.40 Å². The molecule has 0 N–H and O–H groups in total. The fourth-order valence-electron chi connectivity index (χ4n) is 5.14. The summed E-state index contributed by atoms with van der Waals surface area (Å²) in [5.74, 6) is 0. The summed E-state index contributed by atoms with van der Waals surface area (Å²) in [6.45, 7) is 6.80. The molecule has 0 aliphatic rings. The van der Waals surface area contributed by atoms with Gasteiger partial charge in [0.15, 0.2) is 0 Å². The Labute approximate surface area is 184 Å². The van der Waals surface area contributed by atoms with E-state index in [1.54, 1.807) is 0 Å². The lowest BCUT2D eigenvalue weighted by Crippen LogP contribution is -2.16. The van der Waals surface area contributed by atoms with Crippen molar-refractivity contribution in [1.82, 2.24) is 9.38 Å². The van der Waals surface area contributed by atoms with E-state index in [1.807, 2.05) is 0 Å². The van der Waals surface area contributed by atoms with Crippen LogP contribution in [-0.4, -0.2) is 9.38 Å². The molecule has 3 heterocycles. The highest BCUT2D eigenvalue weighted by Gasteiger charge is 2.22. The second-order valence-electron chi connectivity index (χ2n) is 9.74. The number of para-hydroxylation sites is 2. The average Bonchev–Trinajstić information content (AvgIpc) is 3.35. The Balaban J connectivity index is 1.71. The number of fused-ring (bicyclic) bond motifs is 10. The minimum absolute atomic E-state index is 0.0317. The highest BCUT2D eigenvalue weighted by atomic mass is 16.3. The third kappa shape index (κ3) is 2.28. The molecule has 0 radical (unpaired) electrons. The summed E-state index contributed by atoms with van der Waals surface area (Å²) in [4.78, 5) is 5.05. The highest BCUT2D eigenvalue weighted by molar-refractivity contribution is 6.21. The molecule has 0 amide bonds. The lowest BCUT2D eigenvalue weighted by molar-refractivity contribution is 0.564. The van der Waals surface area contributed by atoms with Crippen LogP contribution in [0.5, 0.6) is 0 Å². The third-order valence-corrected chi connectivity index (χ3v) is 6.64. The van der Waals surface area contributed by atoms with Crippen LogP contribution in [0.15, 0.2) is 83.3 Å². The zero-order valence-corrected chi connectivity index (χ0v) is 18.3. The molecule has 0 unspecified atom stereocenters. The van der Waals surface area contributed by atoms with E-state index in [2.05, 4.69) is 104 Å². The maximum Gasteiger partial charge on any atom is 0.146 e. The van der Waals surface area contributed by atoms with Crippen LogP contribution >= 0.6 is 0 Å². The van der Waals surface area contributed by atoms with Crippen molar-refractivity contribution in [3.8, 4) is 0 Å². The molecule has 0 bridgehead atoms. The third-order valence-electron chi connectivity index (χ3n) is 6.64. The maximum absolute atomic E-state index is 6.35. The fraction of sp³-hybridized carbons (Fsp3) is 0.138. The van der Waals surface area contributed by atoms with E-state index in [0.717, 1.165) is 38.6 Å². The first-order valence-electron chi connectivity index (χ1n) is 11.1. The fourth-order valence-corrected chi connectivity index (χ4v) is 5.14. The van der Waals surface area contributed by atoms with Crippen LogP contribution in [0.1, 0.15) is 26.5 Å². The van der Waals surface area contributed by atoms with Crippen molar-refractivity contribution in [2.24, 2.45) is 0 Å². The van der Waals surface area contributed by atoms with Gasteiger partial charge in [-0.25, -0.2) is 4.98 Å². The molecule has 3 nitrogen and oxygen atoms in total. The zero-order valence-electron chi connectivity index (χ0n) is 18.3. The first-order valence-corrected chi connectivity index (χ1v) is 11.1. The van der Waals surface area contributed by atoms with Gasteiger partial charge >= 0.3 is 0 Å². The standard InChI is InChI=1S/C29H22N2O/c1-29(2,3)26-15-18-14-21-25(32-24-13-12-17-8-4-5-9-19(17)27(21)24)16-20(18)28-30-22-10-6-7-11-23(22)31(26)28/h4-16H,1-3H3. The predicted octanol–water partition coefficient (Wildman–Crippen LogP) is 7.99. The molecule has 0 atom stereocenters. The number of furan rings is 1. The highest BCUT2D eigenvalue weighted by Crippen LogP contribution is 2.39. The van der Waals surface area contributed by atoms with Crippen molar-refractivity contribution in [2.45, 2.75) is 26.2 Å². The molecule has 0 aliphatic carbocycles. The molecule has 0 spiro atoms. The number of nitrogens with zero attached hydrogens (tertiary/aromatic N) is 2. The number of benzene rings is 4. The van der Waals surface area contributed by atoms with Crippen molar-refractivity contribution < 1.29 is 4.42 Å². The van der Waals surface area contributed by atoms with Gasteiger partial charge in [0.1, 0.15) is 16.8 Å². The molecule has 7 aromatic rings. The summed E-state index contributed by atoms with van der Waals surface area (Å²) in [6.07, 6.45) is 0. The van der Waals surface area contributed by atoms with E-state index >= 15 is 0 Å². The Hall–Kier alpha value is -3.85. The molecule has 0 saturated heterocycles. The van der Waals surface area contributed by atoms with Gasteiger partial charge in [0, 0.05) is 27.3 Å². The van der Waals surface area contributed by atoms with Crippen LogP contribution < -0.4 is 0 Å². The van der Waals surface area contributed by atoms with Crippen molar-refractivity contribution in [2.75, 3.05) is 0 Å². The number of rotatable bonds is 0. The van der Waals surface area contributed by atoms with Crippen LogP contribution in [0.4, 0.5) is 0 Å². The molecule has 4 aromatic carbocycles. The summed E-state index contributed by atoms with van der Waals surface area (Å²) in [7, 11) is 0. The Kier molecular flexibility index (Phi) is 3.27. The number of hydrogen-bond donors (Lipinski definition) is 0. The molecule has 3 aromatic heterocycles. The molecule has 0 aliphatic heterocycles. The molecular formula is C29H22N2O. The van der Waals surface area contributed by atoms with Crippen molar-refractivity contribution in [3.63, 3.8) is 0 Å². The maximum atomic E-state index is 6.35. The van der Waals surface area contributed by atoms with Crippen molar-refractivity contribution >= 4 is 60.2 Å². The summed E-state index contributed by atoms with van der Waals surface area (Å²) >= 11 is 0. The first kappa shape index (κ1) is 17.8. The Morgan fingerprint density at radius 2 is 1.53 bits per heavy atom. The van der Waals surface area contributed by atoms with E-state index in [1.165, 1.54) is 27.2 Å². The zero-order chi connectivity index (χ0) is 21.6. The van der Waals surface area contributed by atoms with Crippen LogP contribution in [0, 0.1) is 0 Å². The topological polar surface area (TPSA) is 30.4 Å². The average molecular weight is 415 g/mol. The lowest BCUT2D eigenvalue weighted by Gasteiger charge is -2.22. The van der Waals surface area contributed by atoms with Gasteiger partial charge in [0.25, 0.3) is 0 Å². The predicted molar refractivity (Wildman–Crippen MR) is 134 cm³/mol. The summed E-state index contributed by atoms with van der Waals surface area (Å²) in [5.41, 5.74) is 6.20. The van der Waals surface area contributed by atoms with E-state index in [0.29, 0.717) is 0 Å². The molecule has 32 heavy (non-hydrogen) atoms. The van der Waals surface area contributed by atoms with E-state index in [9.17, 15) is 0 Å². The van der Waals surface area contributed by atoms with Crippen LogP contribution in [-0.2, 0) is 5.41 Å². The monoisotopic (exact) mass is 414 g/mol. The van der Waals surface area contributed by atoms with Gasteiger partial charge in [0.2, 0.25) is 0 Å². The number of aromatic nitrogens is 2. The summed E-state index contributed by atoms with van der Waals surface area (Å²) in [5, 5.41) is 7.11. The molecule has 154 valence electrons. The Morgan fingerprint density at radius 1 is 0.719 bits per heavy atom. The van der Waals surface area contributed by atoms with Gasteiger partial charge in [-0.15, -0.1) is 0 Å². The minimum Gasteiger partial charge on any atom is -0.456 e. The largest absolute Gasteiger partial charge is 0.456 e. The summed E-state index contributed by atoms with van der Waals surface area (Å²) < 4.78 is 8.67. The molecule has 0 saturated carbocycles. The van der Waals surface area contributed by atoms with Crippen molar-refractivity contribution in [1.29, 1.82) is 0 Å². The van der Waals surface area contributed by atoms with E-state index in [-0.39, 0.29) is 5.41 Å². The smallest absolute Gasteiger partial charge is 0.146 e. The number of imidazole rings is 1. The van der Waals surface area contributed by atoms with Gasteiger partial charge in [0.05, 0.1) is 11.0 Å². The van der Waals surface area contributed by atoms with E-state index < -0.39 is 0 Å². The lowest BCUT2D eigenvalue weighted by atomic mass is 9.90. The second-order valence-corrected chi connectivity index (χ2v) is 9.74. The van der Waals surface area contributed by atoms with Gasteiger partial charge < -0.3 is 4.42 Å². The SMILES string of the molecule is CC(C)(C)c1cc2cc3c(cc2c2nc4ccccc4n12)oc1ccc2ccccc2c13. The Morgan fingerprint density at radius 3 is 2.41 bits per heavy atom. The second kappa shape index (κ2) is 5.89. The molecule has 3 heteroatoms. The number of pyridine rings is 1. The van der Waals surface area contributed by atoms with Crippen LogP contribution in [0.25, 0.3) is 60.2 Å². The quantitative estimate of drug-likeness (QED) is 0.252. The first-order chi connectivity index (χ1) is 15.5.